The summed E-state index contributed by atoms with van der Waals surface area (Å²) in [4.78, 5) is 13.4. The largest absolute Gasteiger partial charge is 0.416 e. The number of hydrogen-bond donors (Lipinski definition) is 1. The van der Waals surface area contributed by atoms with Gasteiger partial charge in [0.25, 0.3) is 5.91 Å². The Bertz CT molecular complexity index is 562. The molecule has 1 aromatic carbocycles. The van der Waals surface area contributed by atoms with Gasteiger partial charge in [-0.2, -0.15) is 26.3 Å². The van der Waals surface area contributed by atoms with E-state index in [2.05, 4.69) is 0 Å². The molecule has 3 nitrogen and oxygen atoms in total. The van der Waals surface area contributed by atoms with E-state index < -0.39 is 35.0 Å². The van der Waals surface area contributed by atoms with E-state index in [4.69, 9.17) is 5.73 Å². The Morgan fingerprint density at radius 1 is 0.958 bits per heavy atom. The molecule has 0 saturated carbocycles. The summed E-state index contributed by atoms with van der Waals surface area (Å²) in [5.74, 6) is -0.853. The van der Waals surface area contributed by atoms with Crippen LogP contribution in [-0.2, 0) is 12.4 Å². The predicted octanol–water partition coefficient (Wildman–Crippen LogP) is 3.71. The summed E-state index contributed by atoms with van der Waals surface area (Å²) in [7, 11) is 0. The van der Waals surface area contributed by atoms with Gasteiger partial charge in [-0.15, -0.1) is 12.4 Å². The molecule has 2 N–H and O–H groups in total. The highest BCUT2D eigenvalue weighted by molar-refractivity contribution is 5.94. The molecule has 0 unspecified atom stereocenters. The lowest BCUT2D eigenvalue weighted by Gasteiger charge is -2.30. The van der Waals surface area contributed by atoms with Crippen LogP contribution in [-0.4, -0.2) is 29.9 Å². The first kappa shape index (κ1) is 20.6. The topological polar surface area (TPSA) is 46.3 Å². The summed E-state index contributed by atoms with van der Waals surface area (Å²) < 4.78 is 76.7. The Hall–Kier alpha value is -1.48. The zero-order valence-corrected chi connectivity index (χ0v) is 13.1. The van der Waals surface area contributed by atoms with Crippen molar-refractivity contribution in [3.63, 3.8) is 0 Å². The lowest BCUT2D eigenvalue weighted by molar-refractivity contribution is -0.143. The number of alkyl halides is 6. The van der Waals surface area contributed by atoms with E-state index in [1.807, 2.05) is 0 Å². The van der Waals surface area contributed by atoms with Gasteiger partial charge in [0.05, 0.1) is 11.1 Å². The number of nitrogens with two attached hydrogens (primary N) is 1. The molecule has 0 spiro atoms. The van der Waals surface area contributed by atoms with Crippen LogP contribution < -0.4 is 5.73 Å². The van der Waals surface area contributed by atoms with Crippen LogP contribution in [0.15, 0.2) is 18.2 Å². The smallest absolute Gasteiger partial charge is 0.339 e. The number of hydrogen-bond acceptors (Lipinski definition) is 2. The third kappa shape index (κ3) is 4.76. The number of likely N-dealkylation sites (tertiary alicyclic amines) is 1. The van der Waals surface area contributed by atoms with Gasteiger partial charge in [0, 0.05) is 24.7 Å². The zero-order valence-electron chi connectivity index (χ0n) is 12.2. The van der Waals surface area contributed by atoms with Gasteiger partial charge in [-0.05, 0) is 31.0 Å². The fourth-order valence-corrected chi connectivity index (χ4v) is 2.36. The van der Waals surface area contributed by atoms with Crippen LogP contribution in [0.1, 0.15) is 34.3 Å². The second-order valence-corrected chi connectivity index (χ2v) is 5.42. The first-order valence-corrected chi connectivity index (χ1v) is 6.83. The summed E-state index contributed by atoms with van der Waals surface area (Å²) in [5.41, 5.74) is 2.05. The third-order valence-corrected chi connectivity index (χ3v) is 3.66. The maximum atomic E-state index is 12.8. The van der Waals surface area contributed by atoms with Crippen LogP contribution in [0.2, 0.25) is 0 Å². The lowest BCUT2D eigenvalue weighted by atomic mass is 10.0. The van der Waals surface area contributed by atoms with Crippen molar-refractivity contribution in [1.82, 2.24) is 4.90 Å². The van der Waals surface area contributed by atoms with Gasteiger partial charge in [0.15, 0.2) is 0 Å². The summed E-state index contributed by atoms with van der Waals surface area (Å²) in [6, 6.07) is 0.785. The lowest BCUT2D eigenvalue weighted by Crippen LogP contribution is -2.43. The highest BCUT2D eigenvalue weighted by Gasteiger charge is 2.38. The molecule has 0 aliphatic carbocycles. The fraction of sp³-hybridized carbons (Fsp3) is 0.500. The third-order valence-electron chi connectivity index (χ3n) is 3.66. The van der Waals surface area contributed by atoms with Crippen LogP contribution in [0.25, 0.3) is 0 Å². The Labute approximate surface area is 140 Å². The highest BCUT2D eigenvalue weighted by atomic mass is 35.5. The molecule has 0 atom stereocenters. The van der Waals surface area contributed by atoms with Crippen LogP contribution in [0.4, 0.5) is 26.3 Å². The Morgan fingerprint density at radius 2 is 1.38 bits per heavy atom. The average molecular weight is 377 g/mol. The molecule has 1 heterocycles. The van der Waals surface area contributed by atoms with Gasteiger partial charge < -0.3 is 10.6 Å². The Morgan fingerprint density at radius 3 is 1.75 bits per heavy atom. The summed E-state index contributed by atoms with van der Waals surface area (Å²) in [6.45, 7) is 0.412. The van der Waals surface area contributed by atoms with Crippen LogP contribution >= 0.6 is 12.4 Å². The minimum Gasteiger partial charge on any atom is -0.339 e. The molecule has 1 saturated heterocycles. The Balaban J connectivity index is 0.00000288. The van der Waals surface area contributed by atoms with Crippen molar-refractivity contribution in [2.24, 2.45) is 5.73 Å². The molecule has 0 bridgehead atoms. The first-order chi connectivity index (χ1) is 10.5. The zero-order chi connectivity index (χ0) is 17.4. The molecule has 1 aliphatic heterocycles. The van der Waals surface area contributed by atoms with Gasteiger partial charge in [0.1, 0.15) is 0 Å². The van der Waals surface area contributed by atoms with E-state index in [0.29, 0.717) is 25.0 Å². The summed E-state index contributed by atoms with van der Waals surface area (Å²) in [5, 5.41) is 0. The van der Waals surface area contributed by atoms with E-state index in [0.717, 1.165) is 0 Å². The van der Waals surface area contributed by atoms with Gasteiger partial charge in [-0.1, -0.05) is 0 Å². The minimum atomic E-state index is -4.97. The quantitative estimate of drug-likeness (QED) is 0.759. The number of nitrogens with zero attached hydrogens (tertiary/aromatic N) is 1. The second-order valence-electron chi connectivity index (χ2n) is 5.42. The van der Waals surface area contributed by atoms with Crippen molar-refractivity contribution in [3.8, 4) is 0 Å². The highest BCUT2D eigenvalue weighted by Crippen LogP contribution is 2.36. The molecule has 0 aromatic heterocycles. The van der Waals surface area contributed by atoms with Gasteiger partial charge in [-0.25, -0.2) is 0 Å². The van der Waals surface area contributed by atoms with Crippen LogP contribution in [0.5, 0.6) is 0 Å². The first-order valence-electron chi connectivity index (χ1n) is 6.83. The van der Waals surface area contributed by atoms with E-state index in [-0.39, 0.29) is 37.6 Å². The number of carbonyl (C=O) groups excluding carboxylic acids is 1. The van der Waals surface area contributed by atoms with Crippen molar-refractivity contribution in [1.29, 1.82) is 0 Å². The van der Waals surface area contributed by atoms with Crippen molar-refractivity contribution in [3.05, 3.63) is 34.9 Å². The average Bonchev–Trinajstić information content (AvgIpc) is 2.45. The number of benzene rings is 1. The van der Waals surface area contributed by atoms with E-state index in [9.17, 15) is 31.1 Å². The molecule has 136 valence electrons. The molecule has 24 heavy (non-hydrogen) atoms. The monoisotopic (exact) mass is 376 g/mol. The molecule has 1 aliphatic rings. The predicted molar refractivity (Wildman–Crippen MR) is 76.8 cm³/mol. The van der Waals surface area contributed by atoms with Crippen molar-refractivity contribution >= 4 is 18.3 Å². The normalized spacial score (nSPS) is 16.7. The number of halogens is 7. The summed E-state index contributed by atoms with van der Waals surface area (Å²) >= 11 is 0. The SMILES string of the molecule is Cl.NC1CCN(C(=O)c2cc(C(F)(F)F)cc(C(F)(F)F)c2)CC1. The van der Waals surface area contributed by atoms with Gasteiger partial charge in [0.2, 0.25) is 0 Å². The Kier molecular flexibility index (Phi) is 6.15. The number of amides is 1. The maximum absolute atomic E-state index is 12.8. The standard InChI is InChI=1S/C14H14F6N2O.ClH/c15-13(16,17)9-5-8(6-10(7-9)14(18,19)20)12(23)22-3-1-11(21)2-4-22;/h5-7,11H,1-4,21H2;1H. The fourth-order valence-electron chi connectivity index (χ4n) is 2.36. The van der Waals surface area contributed by atoms with Crippen molar-refractivity contribution in [2.45, 2.75) is 31.2 Å². The van der Waals surface area contributed by atoms with Crippen molar-refractivity contribution in [2.75, 3.05) is 13.1 Å². The number of piperidine rings is 1. The minimum absolute atomic E-state index is 0. The number of rotatable bonds is 1. The molecular formula is C14H15ClF6N2O. The van der Waals surface area contributed by atoms with Gasteiger partial charge in [-0.3, -0.25) is 4.79 Å². The molecule has 0 radical (unpaired) electrons. The molecule has 10 heteroatoms. The number of carbonyl (C=O) groups is 1. The molecule has 1 amide bonds. The van der Waals surface area contributed by atoms with Crippen LogP contribution in [0.3, 0.4) is 0 Å². The van der Waals surface area contributed by atoms with E-state index in [1.165, 1.54) is 4.90 Å². The van der Waals surface area contributed by atoms with E-state index >= 15 is 0 Å². The molecule has 2 rings (SSSR count). The maximum Gasteiger partial charge on any atom is 0.416 e. The van der Waals surface area contributed by atoms with Crippen molar-refractivity contribution < 1.29 is 31.1 Å². The van der Waals surface area contributed by atoms with Gasteiger partial charge >= 0.3 is 12.4 Å². The second kappa shape index (κ2) is 7.18. The van der Waals surface area contributed by atoms with E-state index in [1.54, 1.807) is 0 Å². The summed E-state index contributed by atoms with van der Waals surface area (Å²) in [6.07, 6.45) is -9.03. The molecule has 1 fully saturated rings. The molecular weight excluding hydrogens is 362 g/mol. The molecule has 1 aromatic rings. The van der Waals surface area contributed by atoms with Crippen LogP contribution in [0, 0.1) is 0 Å².